The number of carbonyl (C=O) groups excluding carboxylic acids is 1. The molecular weight excluding hydrogens is 188 g/mol. The Bertz CT molecular complexity index is 407. The van der Waals surface area contributed by atoms with Crippen LogP contribution in [0, 0.1) is 18.8 Å². The molecule has 0 heterocycles. The number of rotatable bonds is 1. The summed E-state index contributed by atoms with van der Waals surface area (Å²) in [7, 11) is 0. The van der Waals surface area contributed by atoms with Crippen LogP contribution in [0.15, 0.2) is 18.2 Å². The standard InChI is InChI=1S/C12H14N2O/c1-9-6-11(8-12(13)7-9)4-3-5-14-10(2)15/h6-8H,5,13H2,1-2H3,(H,14,15). The van der Waals surface area contributed by atoms with Crippen molar-refractivity contribution in [1.82, 2.24) is 5.32 Å². The molecule has 1 amide bonds. The number of benzene rings is 1. The fraction of sp³-hybridized carbons (Fsp3) is 0.250. The van der Waals surface area contributed by atoms with E-state index in [0.717, 1.165) is 11.1 Å². The quantitative estimate of drug-likeness (QED) is 0.528. The largest absolute Gasteiger partial charge is 0.399 e. The topological polar surface area (TPSA) is 55.1 Å². The molecule has 0 aromatic heterocycles. The third-order valence-electron chi connectivity index (χ3n) is 1.76. The van der Waals surface area contributed by atoms with E-state index < -0.39 is 0 Å². The van der Waals surface area contributed by atoms with Gasteiger partial charge in [-0.25, -0.2) is 0 Å². The van der Waals surface area contributed by atoms with Crippen molar-refractivity contribution in [3.05, 3.63) is 29.3 Å². The number of nitrogens with one attached hydrogen (secondary N) is 1. The van der Waals surface area contributed by atoms with Crippen LogP contribution in [0.3, 0.4) is 0 Å². The molecule has 15 heavy (non-hydrogen) atoms. The third-order valence-corrected chi connectivity index (χ3v) is 1.76. The highest BCUT2D eigenvalue weighted by molar-refractivity contribution is 5.73. The number of carbonyl (C=O) groups is 1. The van der Waals surface area contributed by atoms with Gasteiger partial charge < -0.3 is 11.1 Å². The Balaban J connectivity index is 2.67. The molecule has 1 aromatic rings. The zero-order valence-electron chi connectivity index (χ0n) is 8.92. The molecule has 3 nitrogen and oxygen atoms in total. The van der Waals surface area contributed by atoms with E-state index in [2.05, 4.69) is 17.2 Å². The van der Waals surface area contributed by atoms with Gasteiger partial charge in [0.2, 0.25) is 5.91 Å². The van der Waals surface area contributed by atoms with Crippen LogP contribution >= 0.6 is 0 Å². The van der Waals surface area contributed by atoms with Crippen molar-refractivity contribution in [3.63, 3.8) is 0 Å². The van der Waals surface area contributed by atoms with Crippen LogP contribution in [0.5, 0.6) is 0 Å². The maximum absolute atomic E-state index is 10.6. The third kappa shape index (κ3) is 4.19. The van der Waals surface area contributed by atoms with Crippen LogP contribution in [0.25, 0.3) is 0 Å². The lowest BCUT2D eigenvalue weighted by Crippen LogP contribution is -2.19. The molecular formula is C12H14N2O. The number of hydrogen-bond acceptors (Lipinski definition) is 2. The average molecular weight is 202 g/mol. The van der Waals surface area contributed by atoms with Gasteiger partial charge in [-0.2, -0.15) is 0 Å². The van der Waals surface area contributed by atoms with Crippen LogP contribution in [0.1, 0.15) is 18.1 Å². The minimum Gasteiger partial charge on any atom is -0.399 e. The Hall–Kier alpha value is -1.95. The molecule has 0 bridgehead atoms. The number of amides is 1. The van der Waals surface area contributed by atoms with Gasteiger partial charge in [0.05, 0.1) is 6.54 Å². The molecule has 3 heteroatoms. The van der Waals surface area contributed by atoms with E-state index in [0.29, 0.717) is 12.2 Å². The Kier molecular flexibility index (Phi) is 3.75. The number of nitrogen functional groups attached to an aromatic ring is 1. The van der Waals surface area contributed by atoms with Crippen molar-refractivity contribution in [3.8, 4) is 11.8 Å². The lowest BCUT2D eigenvalue weighted by Gasteiger charge is -1.97. The highest BCUT2D eigenvalue weighted by Crippen LogP contribution is 2.09. The molecule has 0 aliphatic rings. The molecule has 3 N–H and O–H groups in total. The summed E-state index contributed by atoms with van der Waals surface area (Å²) in [4.78, 5) is 10.6. The zero-order valence-corrected chi connectivity index (χ0v) is 8.92. The first-order valence-corrected chi connectivity index (χ1v) is 4.68. The summed E-state index contributed by atoms with van der Waals surface area (Å²) < 4.78 is 0. The fourth-order valence-electron chi connectivity index (χ4n) is 1.20. The summed E-state index contributed by atoms with van der Waals surface area (Å²) in [5.74, 6) is 5.71. The molecule has 0 aliphatic carbocycles. The van der Waals surface area contributed by atoms with Gasteiger partial charge in [0.15, 0.2) is 0 Å². The predicted molar refractivity (Wildman–Crippen MR) is 61.2 cm³/mol. The van der Waals surface area contributed by atoms with E-state index in [9.17, 15) is 4.79 Å². The average Bonchev–Trinajstić information content (AvgIpc) is 2.10. The van der Waals surface area contributed by atoms with Crippen LogP contribution < -0.4 is 11.1 Å². The summed E-state index contributed by atoms with van der Waals surface area (Å²) in [6.07, 6.45) is 0. The van der Waals surface area contributed by atoms with Crippen molar-refractivity contribution < 1.29 is 4.79 Å². The Morgan fingerprint density at radius 2 is 2.20 bits per heavy atom. The lowest BCUT2D eigenvalue weighted by atomic mass is 10.1. The maximum Gasteiger partial charge on any atom is 0.217 e. The lowest BCUT2D eigenvalue weighted by molar-refractivity contribution is -0.118. The molecule has 78 valence electrons. The molecule has 0 saturated carbocycles. The predicted octanol–water partition coefficient (Wildman–Crippen LogP) is 1.06. The van der Waals surface area contributed by atoms with Crippen LogP contribution in [0.4, 0.5) is 5.69 Å². The van der Waals surface area contributed by atoms with Crippen LogP contribution in [-0.4, -0.2) is 12.5 Å². The van der Waals surface area contributed by atoms with E-state index >= 15 is 0 Å². The van der Waals surface area contributed by atoms with Gasteiger partial charge in [-0.05, 0) is 30.7 Å². The second-order valence-corrected chi connectivity index (χ2v) is 3.34. The molecule has 0 unspecified atom stereocenters. The zero-order chi connectivity index (χ0) is 11.3. The van der Waals surface area contributed by atoms with Crippen molar-refractivity contribution in [1.29, 1.82) is 0 Å². The van der Waals surface area contributed by atoms with Crippen molar-refractivity contribution >= 4 is 11.6 Å². The van der Waals surface area contributed by atoms with Gasteiger partial charge in [0.25, 0.3) is 0 Å². The normalized spacial score (nSPS) is 8.93. The summed E-state index contributed by atoms with van der Waals surface area (Å²) in [5, 5.41) is 2.60. The first kappa shape index (κ1) is 11.1. The number of anilines is 1. The van der Waals surface area contributed by atoms with Gasteiger partial charge in [-0.1, -0.05) is 11.8 Å². The Labute approximate surface area is 89.7 Å². The summed E-state index contributed by atoms with van der Waals surface area (Å²) >= 11 is 0. The van der Waals surface area contributed by atoms with E-state index in [1.807, 2.05) is 25.1 Å². The minimum absolute atomic E-state index is 0.0759. The van der Waals surface area contributed by atoms with Gasteiger partial charge in [-0.15, -0.1) is 0 Å². The maximum atomic E-state index is 10.6. The molecule has 1 aromatic carbocycles. The van der Waals surface area contributed by atoms with Gasteiger partial charge in [0, 0.05) is 18.2 Å². The highest BCUT2D eigenvalue weighted by Gasteiger charge is 1.92. The second-order valence-electron chi connectivity index (χ2n) is 3.34. The van der Waals surface area contributed by atoms with E-state index in [-0.39, 0.29) is 5.91 Å². The van der Waals surface area contributed by atoms with Crippen LogP contribution in [0.2, 0.25) is 0 Å². The van der Waals surface area contributed by atoms with Gasteiger partial charge >= 0.3 is 0 Å². The molecule has 0 spiro atoms. The summed E-state index contributed by atoms with van der Waals surface area (Å²) in [6, 6.07) is 5.66. The van der Waals surface area contributed by atoms with Gasteiger partial charge in [0.1, 0.15) is 0 Å². The SMILES string of the molecule is CC(=O)NCC#Cc1cc(C)cc(N)c1. The number of nitrogens with two attached hydrogens (primary N) is 1. The molecule has 0 saturated heterocycles. The second kappa shape index (κ2) is 5.06. The summed E-state index contributed by atoms with van der Waals surface area (Å²) in [6.45, 7) is 3.80. The minimum atomic E-state index is -0.0759. The first-order chi connectivity index (χ1) is 7.08. The molecule has 1 rings (SSSR count). The van der Waals surface area contributed by atoms with Crippen molar-refractivity contribution in [2.24, 2.45) is 0 Å². The molecule has 0 radical (unpaired) electrons. The molecule has 0 aliphatic heterocycles. The highest BCUT2D eigenvalue weighted by atomic mass is 16.1. The number of aryl methyl sites for hydroxylation is 1. The fourth-order valence-corrected chi connectivity index (χ4v) is 1.20. The Morgan fingerprint density at radius 1 is 1.47 bits per heavy atom. The molecule has 0 atom stereocenters. The molecule has 0 fully saturated rings. The first-order valence-electron chi connectivity index (χ1n) is 4.68. The number of hydrogen-bond donors (Lipinski definition) is 2. The van der Waals surface area contributed by atoms with E-state index in [4.69, 9.17) is 5.73 Å². The van der Waals surface area contributed by atoms with Gasteiger partial charge in [-0.3, -0.25) is 4.79 Å². The Morgan fingerprint density at radius 3 is 2.80 bits per heavy atom. The smallest absolute Gasteiger partial charge is 0.217 e. The monoisotopic (exact) mass is 202 g/mol. The van der Waals surface area contributed by atoms with E-state index in [1.54, 1.807) is 0 Å². The van der Waals surface area contributed by atoms with Crippen molar-refractivity contribution in [2.75, 3.05) is 12.3 Å². The van der Waals surface area contributed by atoms with Crippen LogP contribution in [-0.2, 0) is 4.79 Å². The van der Waals surface area contributed by atoms with Crippen molar-refractivity contribution in [2.45, 2.75) is 13.8 Å². The van der Waals surface area contributed by atoms with E-state index in [1.165, 1.54) is 6.92 Å². The summed E-state index contributed by atoms with van der Waals surface area (Å²) in [5.41, 5.74) is 8.34.